The normalized spacial score (nSPS) is 36.6. The number of carbonyl (C=O) groups is 1. The molecule has 2 fully saturated rings. The molecule has 0 radical (unpaired) electrons. The molecule has 2 atom stereocenters. The van der Waals surface area contributed by atoms with Gasteiger partial charge < -0.3 is 15.8 Å². The number of rotatable bonds is 4. The van der Waals surface area contributed by atoms with Crippen molar-refractivity contribution in [1.82, 2.24) is 5.32 Å². The van der Waals surface area contributed by atoms with Crippen LogP contribution in [0.2, 0.25) is 0 Å². The molecule has 1 saturated heterocycles. The van der Waals surface area contributed by atoms with E-state index < -0.39 is 0 Å². The molecule has 2 unspecified atom stereocenters. The van der Waals surface area contributed by atoms with Gasteiger partial charge in [0.15, 0.2) is 0 Å². The first-order valence-corrected chi connectivity index (χ1v) is 7.34. The number of nitrogens with two attached hydrogens (primary N) is 1. The van der Waals surface area contributed by atoms with E-state index in [1.165, 1.54) is 25.7 Å². The average Bonchev–Trinajstić information content (AvgIpc) is 2.78. The summed E-state index contributed by atoms with van der Waals surface area (Å²) in [6.07, 6.45) is 7.37. The number of amides is 1. The van der Waals surface area contributed by atoms with E-state index in [2.05, 4.69) is 12.2 Å². The highest BCUT2D eigenvalue weighted by molar-refractivity contribution is 5.80. The maximum absolute atomic E-state index is 12.1. The van der Waals surface area contributed by atoms with Gasteiger partial charge in [-0.05, 0) is 31.6 Å². The number of carbonyl (C=O) groups excluding carboxylic acids is 1. The van der Waals surface area contributed by atoms with Crippen LogP contribution in [0.1, 0.15) is 45.4 Å². The van der Waals surface area contributed by atoms with Gasteiger partial charge >= 0.3 is 0 Å². The van der Waals surface area contributed by atoms with E-state index in [4.69, 9.17) is 10.5 Å². The van der Waals surface area contributed by atoms with Gasteiger partial charge in [0.2, 0.25) is 5.91 Å². The summed E-state index contributed by atoms with van der Waals surface area (Å²) >= 11 is 0. The van der Waals surface area contributed by atoms with E-state index in [9.17, 15) is 4.79 Å². The fourth-order valence-corrected chi connectivity index (χ4v) is 3.15. The van der Waals surface area contributed by atoms with Crippen LogP contribution in [0.3, 0.4) is 0 Å². The number of hydrogen-bond donors (Lipinski definition) is 2. The summed E-state index contributed by atoms with van der Waals surface area (Å²) in [4.78, 5) is 12.1. The van der Waals surface area contributed by atoms with Crippen molar-refractivity contribution in [2.24, 2.45) is 17.6 Å². The Morgan fingerprint density at radius 3 is 2.56 bits per heavy atom. The predicted molar refractivity (Wildman–Crippen MR) is 71.1 cm³/mol. The van der Waals surface area contributed by atoms with Crippen molar-refractivity contribution in [3.05, 3.63) is 0 Å². The third-order valence-corrected chi connectivity index (χ3v) is 4.35. The Kier molecular flexibility index (Phi) is 5.01. The van der Waals surface area contributed by atoms with Crippen LogP contribution in [0.15, 0.2) is 0 Å². The van der Waals surface area contributed by atoms with Gasteiger partial charge in [-0.25, -0.2) is 0 Å². The SMILES string of the molecule is CCCC1CCC(NC(=O)C2COCC2N)CC1. The molecule has 1 aliphatic carbocycles. The van der Waals surface area contributed by atoms with Gasteiger partial charge in [0.1, 0.15) is 0 Å². The first-order valence-electron chi connectivity index (χ1n) is 7.34. The van der Waals surface area contributed by atoms with Crippen LogP contribution in [0, 0.1) is 11.8 Å². The molecule has 1 heterocycles. The summed E-state index contributed by atoms with van der Waals surface area (Å²) in [5, 5.41) is 3.15. The monoisotopic (exact) mass is 254 g/mol. The lowest BCUT2D eigenvalue weighted by atomic mass is 9.83. The van der Waals surface area contributed by atoms with Gasteiger partial charge in [0.05, 0.1) is 19.1 Å². The van der Waals surface area contributed by atoms with Crippen LogP contribution in [0.5, 0.6) is 0 Å². The highest BCUT2D eigenvalue weighted by Gasteiger charge is 2.33. The third-order valence-electron chi connectivity index (χ3n) is 4.35. The Balaban J connectivity index is 1.72. The highest BCUT2D eigenvalue weighted by Crippen LogP contribution is 2.28. The molecule has 0 spiro atoms. The van der Waals surface area contributed by atoms with Crippen molar-refractivity contribution in [2.75, 3.05) is 13.2 Å². The summed E-state index contributed by atoms with van der Waals surface area (Å²) in [6.45, 7) is 3.24. The maximum Gasteiger partial charge on any atom is 0.227 e. The number of nitrogens with one attached hydrogen (secondary N) is 1. The second-order valence-corrected chi connectivity index (χ2v) is 5.82. The quantitative estimate of drug-likeness (QED) is 0.798. The molecule has 0 aromatic carbocycles. The van der Waals surface area contributed by atoms with Crippen LogP contribution < -0.4 is 11.1 Å². The summed E-state index contributed by atoms with van der Waals surface area (Å²) in [5.41, 5.74) is 5.86. The number of ether oxygens (including phenoxy) is 1. The molecule has 1 saturated carbocycles. The Labute approximate surface area is 110 Å². The number of hydrogen-bond acceptors (Lipinski definition) is 3. The molecule has 4 nitrogen and oxygen atoms in total. The minimum atomic E-state index is -0.140. The van der Waals surface area contributed by atoms with E-state index in [0.29, 0.717) is 19.3 Å². The molecular weight excluding hydrogens is 228 g/mol. The minimum Gasteiger partial charge on any atom is -0.379 e. The van der Waals surface area contributed by atoms with E-state index in [0.717, 1.165) is 18.8 Å². The second kappa shape index (κ2) is 6.53. The van der Waals surface area contributed by atoms with Crippen LogP contribution >= 0.6 is 0 Å². The van der Waals surface area contributed by atoms with Gasteiger partial charge in [-0.1, -0.05) is 19.8 Å². The fraction of sp³-hybridized carbons (Fsp3) is 0.929. The van der Waals surface area contributed by atoms with Crippen LogP contribution in [0.25, 0.3) is 0 Å². The standard InChI is InChI=1S/C14H26N2O2/c1-2-3-10-4-6-11(7-5-10)16-14(17)12-8-18-9-13(12)15/h10-13H,2-9,15H2,1H3,(H,16,17). The zero-order valence-electron chi connectivity index (χ0n) is 11.4. The minimum absolute atomic E-state index is 0.0962. The van der Waals surface area contributed by atoms with Crippen molar-refractivity contribution in [3.8, 4) is 0 Å². The van der Waals surface area contributed by atoms with Crippen molar-refractivity contribution in [3.63, 3.8) is 0 Å². The Morgan fingerprint density at radius 1 is 1.28 bits per heavy atom. The van der Waals surface area contributed by atoms with Crippen molar-refractivity contribution in [2.45, 2.75) is 57.5 Å². The maximum atomic E-state index is 12.1. The van der Waals surface area contributed by atoms with E-state index >= 15 is 0 Å². The van der Waals surface area contributed by atoms with Crippen LogP contribution in [0.4, 0.5) is 0 Å². The van der Waals surface area contributed by atoms with E-state index in [-0.39, 0.29) is 17.9 Å². The summed E-state index contributed by atoms with van der Waals surface area (Å²) in [7, 11) is 0. The van der Waals surface area contributed by atoms with Gasteiger partial charge in [-0.3, -0.25) is 4.79 Å². The molecule has 2 rings (SSSR count). The van der Waals surface area contributed by atoms with Crippen molar-refractivity contribution < 1.29 is 9.53 Å². The lowest BCUT2D eigenvalue weighted by Gasteiger charge is -2.30. The molecule has 0 aromatic rings. The molecule has 4 heteroatoms. The fourth-order valence-electron chi connectivity index (χ4n) is 3.15. The van der Waals surface area contributed by atoms with Gasteiger partial charge in [0, 0.05) is 12.1 Å². The van der Waals surface area contributed by atoms with Crippen LogP contribution in [-0.4, -0.2) is 31.2 Å². The third kappa shape index (κ3) is 3.45. The smallest absolute Gasteiger partial charge is 0.227 e. The topological polar surface area (TPSA) is 64.3 Å². The molecule has 1 amide bonds. The summed E-state index contributed by atoms with van der Waals surface area (Å²) in [5.74, 6) is 0.831. The molecule has 2 aliphatic rings. The van der Waals surface area contributed by atoms with Crippen molar-refractivity contribution >= 4 is 5.91 Å². The first-order chi connectivity index (χ1) is 8.70. The lowest BCUT2D eigenvalue weighted by Crippen LogP contribution is -2.46. The van der Waals surface area contributed by atoms with Gasteiger partial charge in [0.25, 0.3) is 0 Å². The van der Waals surface area contributed by atoms with Gasteiger partial charge in [-0.2, -0.15) is 0 Å². The average molecular weight is 254 g/mol. The second-order valence-electron chi connectivity index (χ2n) is 5.82. The lowest BCUT2D eigenvalue weighted by molar-refractivity contribution is -0.126. The molecule has 18 heavy (non-hydrogen) atoms. The van der Waals surface area contributed by atoms with E-state index in [1.54, 1.807) is 0 Å². The zero-order chi connectivity index (χ0) is 13.0. The Bertz CT molecular complexity index is 275. The molecule has 1 aliphatic heterocycles. The molecular formula is C14H26N2O2. The predicted octanol–water partition coefficient (Wildman–Crippen LogP) is 1.44. The summed E-state index contributed by atoms with van der Waals surface area (Å²) in [6, 6.07) is 0.236. The molecule has 3 N–H and O–H groups in total. The molecule has 104 valence electrons. The van der Waals surface area contributed by atoms with Gasteiger partial charge in [-0.15, -0.1) is 0 Å². The summed E-state index contributed by atoms with van der Waals surface area (Å²) < 4.78 is 5.24. The molecule has 0 bridgehead atoms. The first kappa shape index (κ1) is 13.8. The Hall–Kier alpha value is -0.610. The van der Waals surface area contributed by atoms with Crippen LogP contribution in [-0.2, 0) is 9.53 Å². The zero-order valence-corrected chi connectivity index (χ0v) is 11.4. The highest BCUT2D eigenvalue weighted by atomic mass is 16.5. The Morgan fingerprint density at radius 2 is 2.00 bits per heavy atom. The largest absolute Gasteiger partial charge is 0.379 e. The van der Waals surface area contributed by atoms with E-state index in [1.807, 2.05) is 0 Å². The molecule has 0 aromatic heterocycles. The van der Waals surface area contributed by atoms with Crippen molar-refractivity contribution in [1.29, 1.82) is 0 Å².